The summed E-state index contributed by atoms with van der Waals surface area (Å²) in [5.41, 5.74) is 0.883. The number of aromatic nitrogens is 3. The van der Waals surface area contributed by atoms with Gasteiger partial charge >= 0.3 is 0 Å². The van der Waals surface area contributed by atoms with Crippen molar-refractivity contribution in [1.29, 1.82) is 0 Å². The Balaban J connectivity index is 1.83. The van der Waals surface area contributed by atoms with Crippen molar-refractivity contribution in [2.45, 2.75) is 32.1 Å². The first kappa shape index (κ1) is 11.4. The molecule has 6 heteroatoms. The number of ether oxygens (including phenoxy) is 1. The highest BCUT2D eigenvalue weighted by Gasteiger charge is 2.24. The van der Waals surface area contributed by atoms with Gasteiger partial charge in [0.2, 0.25) is 5.76 Å². The molecule has 0 amide bonds. The van der Waals surface area contributed by atoms with E-state index in [1.165, 1.54) is 0 Å². The molecule has 0 N–H and O–H groups in total. The fourth-order valence-electron chi connectivity index (χ4n) is 1.90. The van der Waals surface area contributed by atoms with E-state index in [1.54, 1.807) is 0 Å². The topological polar surface area (TPSA) is 74.2 Å². The van der Waals surface area contributed by atoms with E-state index >= 15 is 0 Å². The number of rotatable bonds is 3. The van der Waals surface area contributed by atoms with Gasteiger partial charge in [0.15, 0.2) is 5.82 Å². The molecule has 2 aromatic heterocycles. The van der Waals surface area contributed by atoms with Crippen molar-refractivity contribution in [1.82, 2.24) is 15.3 Å². The molecule has 3 rings (SSSR count). The van der Waals surface area contributed by atoms with Gasteiger partial charge in [0.05, 0.1) is 12.3 Å². The van der Waals surface area contributed by atoms with Crippen molar-refractivity contribution in [3.8, 4) is 11.7 Å². The molecule has 3 heterocycles. The van der Waals surface area contributed by atoms with Crippen molar-refractivity contribution in [2.75, 3.05) is 13.2 Å². The summed E-state index contributed by atoms with van der Waals surface area (Å²) in [5.74, 6) is 2.14. The van der Waals surface area contributed by atoms with Gasteiger partial charge in [-0.3, -0.25) is 0 Å². The molecule has 1 saturated heterocycles. The van der Waals surface area contributed by atoms with E-state index in [-0.39, 0.29) is 5.92 Å². The van der Waals surface area contributed by atoms with Crippen LogP contribution in [0.25, 0.3) is 11.7 Å². The zero-order chi connectivity index (χ0) is 12.5. The minimum absolute atomic E-state index is 0.231. The lowest BCUT2D eigenvalue weighted by atomic mass is 10.1. The molecule has 1 aliphatic rings. The average Bonchev–Trinajstić information content (AvgIpc) is 3.10. The van der Waals surface area contributed by atoms with Crippen molar-refractivity contribution >= 4 is 0 Å². The smallest absolute Gasteiger partial charge is 0.296 e. The summed E-state index contributed by atoms with van der Waals surface area (Å²) in [7, 11) is 0. The Morgan fingerprint density at radius 1 is 1.28 bits per heavy atom. The number of hydrogen-bond acceptors (Lipinski definition) is 6. The first-order valence-corrected chi connectivity index (χ1v) is 6.12. The molecule has 1 aliphatic heterocycles. The van der Waals surface area contributed by atoms with Gasteiger partial charge in [-0.15, -0.1) is 0 Å². The molecule has 0 spiro atoms. The van der Waals surface area contributed by atoms with Crippen LogP contribution in [0.15, 0.2) is 15.1 Å². The van der Waals surface area contributed by atoms with E-state index in [4.69, 9.17) is 13.8 Å². The third-order valence-electron chi connectivity index (χ3n) is 3.07. The maximum atomic E-state index is 5.30. The average molecular weight is 249 g/mol. The fourth-order valence-corrected chi connectivity index (χ4v) is 1.90. The van der Waals surface area contributed by atoms with E-state index in [0.717, 1.165) is 18.7 Å². The Labute approximate surface area is 104 Å². The molecule has 0 saturated carbocycles. The molecular weight excluding hydrogens is 234 g/mol. The van der Waals surface area contributed by atoms with Gasteiger partial charge in [0, 0.05) is 18.6 Å². The quantitative estimate of drug-likeness (QED) is 0.831. The Hall–Kier alpha value is -1.69. The molecule has 1 atom stereocenters. The molecule has 0 aromatic carbocycles. The lowest BCUT2D eigenvalue weighted by molar-refractivity contribution is 0.192. The monoisotopic (exact) mass is 249 g/mol. The molecule has 1 fully saturated rings. The van der Waals surface area contributed by atoms with Gasteiger partial charge in [0.1, 0.15) is 0 Å². The summed E-state index contributed by atoms with van der Waals surface area (Å²) in [6.45, 7) is 5.52. The maximum Gasteiger partial charge on any atom is 0.296 e. The lowest BCUT2D eigenvalue weighted by Crippen LogP contribution is -1.99. The van der Waals surface area contributed by atoms with Crippen LogP contribution in [0, 0.1) is 0 Å². The normalized spacial score (nSPS) is 19.8. The van der Waals surface area contributed by atoms with Crippen molar-refractivity contribution in [3.63, 3.8) is 0 Å². The van der Waals surface area contributed by atoms with Gasteiger partial charge in [-0.25, -0.2) is 0 Å². The molecule has 6 nitrogen and oxygen atoms in total. The van der Waals surface area contributed by atoms with Gasteiger partial charge in [-0.2, -0.15) is 4.98 Å². The summed E-state index contributed by atoms with van der Waals surface area (Å²) >= 11 is 0. The summed E-state index contributed by atoms with van der Waals surface area (Å²) in [5, 5.41) is 7.95. The molecule has 18 heavy (non-hydrogen) atoms. The standard InChI is InChI=1S/C12H15N3O3/c1-7(2)9-5-10(17-14-9)12-13-11(15-18-12)8-3-4-16-6-8/h5,7-8H,3-4,6H2,1-2H3/t8-/m1/s1. The van der Waals surface area contributed by atoms with Crippen LogP contribution in [0.3, 0.4) is 0 Å². The predicted octanol–water partition coefficient (Wildman–Crippen LogP) is 2.35. The summed E-state index contributed by atoms with van der Waals surface area (Å²) in [6, 6.07) is 1.84. The third-order valence-corrected chi connectivity index (χ3v) is 3.07. The van der Waals surface area contributed by atoms with Crippen LogP contribution in [-0.4, -0.2) is 28.5 Å². The summed E-state index contributed by atoms with van der Waals surface area (Å²) < 4.78 is 15.7. The highest BCUT2D eigenvalue weighted by molar-refractivity contribution is 5.44. The van der Waals surface area contributed by atoms with Crippen LogP contribution in [0.5, 0.6) is 0 Å². The van der Waals surface area contributed by atoms with Crippen molar-refractivity contribution in [3.05, 3.63) is 17.6 Å². The molecular formula is C12H15N3O3. The van der Waals surface area contributed by atoms with Crippen molar-refractivity contribution in [2.24, 2.45) is 0 Å². The Bertz CT molecular complexity index is 526. The Kier molecular flexibility index (Phi) is 2.87. The van der Waals surface area contributed by atoms with Crippen LogP contribution in [0.1, 0.15) is 43.6 Å². The number of hydrogen-bond donors (Lipinski definition) is 0. The molecule has 2 aromatic rings. The van der Waals surface area contributed by atoms with E-state index in [9.17, 15) is 0 Å². The van der Waals surface area contributed by atoms with Crippen LogP contribution < -0.4 is 0 Å². The number of nitrogens with zero attached hydrogens (tertiary/aromatic N) is 3. The minimum atomic E-state index is 0.231. The van der Waals surface area contributed by atoms with Crippen LogP contribution in [-0.2, 0) is 4.74 Å². The van der Waals surface area contributed by atoms with E-state index in [1.807, 2.05) is 6.07 Å². The zero-order valence-electron chi connectivity index (χ0n) is 10.4. The first-order chi connectivity index (χ1) is 8.74. The van der Waals surface area contributed by atoms with Crippen LogP contribution in [0.2, 0.25) is 0 Å². The van der Waals surface area contributed by atoms with Crippen molar-refractivity contribution < 1.29 is 13.8 Å². The minimum Gasteiger partial charge on any atom is -0.381 e. The predicted molar refractivity (Wildman–Crippen MR) is 62.1 cm³/mol. The highest BCUT2D eigenvalue weighted by Crippen LogP contribution is 2.26. The lowest BCUT2D eigenvalue weighted by Gasteiger charge is -1.97. The molecule has 96 valence electrons. The summed E-state index contributed by atoms with van der Waals surface area (Å²) in [6.07, 6.45) is 0.937. The first-order valence-electron chi connectivity index (χ1n) is 6.12. The molecule has 0 bridgehead atoms. The summed E-state index contributed by atoms with van der Waals surface area (Å²) in [4.78, 5) is 4.34. The van der Waals surface area contributed by atoms with E-state index < -0.39 is 0 Å². The van der Waals surface area contributed by atoms with E-state index in [2.05, 4.69) is 29.1 Å². The molecule has 0 aliphatic carbocycles. The third kappa shape index (κ3) is 2.03. The second kappa shape index (κ2) is 4.53. The van der Waals surface area contributed by atoms with E-state index in [0.29, 0.717) is 30.0 Å². The van der Waals surface area contributed by atoms with Gasteiger partial charge in [0.25, 0.3) is 5.89 Å². The Morgan fingerprint density at radius 2 is 2.17 bits per heavy atom. The Morgan fingerprint density at radius 3 is 2.83 bits per heavy atom. The van der Waals surface area contributed by atoms with Crippen LogP contribution in [0.4, 0.5) is 0 Å². The maximum absolute atomic E-state index is 5.30. The van der Waals surface area contributed by atoms with Gasteiger partial charge in [-0.05, 0) is 12.3 Å². The second-order valence-corrected chi connectivity index (χ2v) is 4.79. The fraction of sp³-hybridized carbons (Fsp3) is 0.583. The van der Waals surface area contributed by atoms with Crippen LogP contribution >= 0.6 is 0 Å². The second-order valence-electron chi connectivity index (χ2n) is 4.79. The molecule has 0 unspecified atom stereocenters. The SMILES string of the molecule is CC(C)c1cc(-c2nc([C@@H]3CCOC3)no2)on1. The molecule has 0 radical (unpaired) electrons. The zero-order valence-corrected chi connectivity index (χ0v) is 10.4. The van der Waals surface area contributed by atoms with Gasteiger partial charge < -0.3 is 13.8 Å². The highest BCUT2D eigenvalue weighted by atomic mass is 16.5. The van der Waals surface area contributed by atoms with Gasteiger partial charge in [-0.1, -0.05) is 24.2 Å². The largest absolute Gasteiger partial charge is 0.381 e.